The Balaban J connectivity index is 1.91. The second kappa shape index (κ2) is 6.07. The minimum absolute atomic E-state index is 0.237. The third-order valence-electron chi connectivity index (χ3n) is 4.15. The van der Waals surface area contributed by atoms with E-state index in [1.54, 1.807) is 0 Å². The van der Waals surface area contributed by atoms with Crippen LogP contribution in [0.4, 0.5) is 0 Å². The lowest BCUT2D eigenvalue weighted by atomic mass is 10.0. The molecule has 2 aromatic carbocycles. The van der Waals surface area contributed by atoms with Crippen molar-refractivity contribution in [3.8, 4) is 0 Å². The zero-order chi connectivity index (χ0) is 14.9. The van der Waals surface area contributed by atoms with Gasteiger partial charge in [0.2, 0.25) is 0 Å². The Labute approximate surface area is 140 Å². The molecule has 2 aromatic rings. The molecule has 0 radical (unpaired) electrons. The van der Waals surface area contributed by atoms with E-state index in [1.165, 1.54) is 14.7 Å². The molecule has 3 rings (SSSR count). The highest BCUT2D eigenvalue weighted by atomic mass is 127. The maximum atomic E-state index is 6.06. The summed E-state index contributed by atoms with van der Waals surface area (Å²) >= 11 is 2.41. The maximum absolute atomic E-state index is 6.06. The highest BCUT2D eigenvalue weighted by Crippen LogP contribution is 2.38. The molecule has 0 aliphatic carbocycles. The first kappa shape index (κ1) is 15.0. The van der Waals surface area contributed by atoms with Gasteiger partial charge in [-0.1, -0.05) is 48.5 Å². The van der Waals surface area contributed by atoms with E-state index in [2.05, 4.69) is 95.9 Å². The average Bonchev–Trinajstić information content (AvgIpc) is 2.78. The van der Waals surface area contributed by atoms with Gasteiger partial charge < -0.3 is 4.74 Å². The molecule has 1 atom stereocenters. The maximum Gasteiger partial charge on any atom is 0.117 e. The highest BCUT2D eigenvalue weighted by Gasteiger charge is 2.41. The Morgan fingerprint density at radius 2 is 1.76 bits per heavy atom. The molecule has 0 spiro atoms. The summed E-state index contributed by atoms with van der Waals surface area (Å²) in [6.07, 6.45) is 0. The highest BCUT2D eigenvalue weighted by molar-refractivity contribution is 14.1. The molecule has 0 bridgehead atoms. The van der Waals surface area contributed by atoms with Crippen molar-refractivity contribution in [3.05, 3.63) is 69.3 Å². The van der Waals surface area contributed by atoms with Gasteiger partial charge in [0.1, 0.15) is 5.72 Å². The van der Waals surface area contributed by atoms with Crippen molar-refractivity contribution < 1.29 is 4.74 Å². The summed E-state index contributed by atoms with van der Waals surface area (Å²) in [7, 11) is 0. The quantitative estimate of drug-likeness (QED) is 0.707. The summed E-state index contributed by atoms with van der Waals surface area (Å²) in [5.74, 6) is 0. The monoisotopic (exact) mass is 393 g/mol. The van der Waals surface area contributed by atoms with E-state index in [9.17, 15) is 0 Å². The molecule has 1 saturated heterocycles. The fourth-order valence-electron chi connectivity index (χ4n) is 2.89. The van der Waals surface area contributed by atoms with Crippen LogP contribution < -0.4 is 0 Å². The van der Waals surface area contributed by atoms with Crippen molar-refractivity contribution >= 4 is 22.6 Å². The van der Waals surface area contributed by atoms with Crippen molar-refractivity contribution in [2.24, 2.45) is 0 Å². The third-order valence-corrected chi connectivity index (χ3v) is 5.20. The number of hydrogen-bond donors (Lipinski definition) is 0. The van der Waals surface area contributed by atoms with Crippen LogP contribution in [0.1, 0.15) is 31.0 Å². The van der Waals surface area contributed by atoms with Gasteiger partial charge in [0, 0.05) is 10.1 Å². The largest absolute Gasteiger partial charge is 0.359 e. The summed E-state index contributed by atoms with van der Waals surface area (Å²) in [5, 5.41) is 0. The Morgan fingerprint density at radius 3 is 2.48 bits per heavy atom. The van der Waals surface area contributed by atoms with Gasteiger partial charge in [0.05, 0.1) is 12.6 Å². The van der Waals surface area contributed by atoms with Gasteiger partial charge >= 0.3 is 0 Å². The second-order valence-corrected chi connectivity index (χ2v) is 7.07. The summed E-state index contributed by atoms with van der Waals surface area (Å²) < 4.78 is 7.37. The lowest BCUT2D eigenvalue weighted by molar-refractivity contribution is -0.0579. The zero-order valence-electron chi connectivity index (χ0n) is 12.4. The third kappa shape index (κ3) is 3.15. The molecule has 0 unspecified atom stereocenters. The van der Waals surface area contributed by atoms with Crippen LogP contribution in [0.5, 0.6) is 0 Å². The molecular formula is C18H20INO. The second-order valence-electron chi connectivity index (χ2n) is 5.90. The standard InChI is InChI=1S/C18H20INO/c1-18(2)20(12-15-10-6-7-11-16(15)19)17(13-21-18)14-8-4-3-5-9-14/h3-11,17H,12-13H2,1-2H3/t17-/m0/s1. The summed E-state index contributed by atoms with van der Waals surface area (Å²) in [4.78, 5) is 2.46. The normalized spacial score (nSPS) is 21.6. The van der Waals surface area contributed by atoms with E-state index >= 15 is 0 Å². The van der Waals surface area contributed by atoms with E-state index in [0.717, 1.165) is 13.2 Å². The smallest absolute Gasteiger partial charge is 0.117 e. The minimum Gasteiger partial charge on any atom is -0.359 e. The number of nitrogens with zero attached hydrogens (tertiary/aromatic N) is 1. The van der Waals surface area contributed by atoms with Gasteiger partial charge in [-0.05, 0) is 53.6 Å². The number of halogens is 1. The van der Waals surface area contributed by atoms with E-state index < -0.39 is 0 Å². The van der Waals surface area contributed by atoms with Crippen LogP contribution in [0.2, 0.25) is 0 Å². The first-order valence-electron chi connectivity index (χ1n) is 7.27. The minimum atomic E-state index is -0.237. The van der Waals surface area contributed by atoms with E-state index in [1.807, 2.05) is 0 Å². The number of ether oxygens (including phenoxy) is 1. The Bertz CT molecular complexity index is 612. The number of benzene rings is 2. The lowest BCUT2D eigenvalue weighted by Gasteiger charge is -2.34. The van der Waals surface area contributed by atoms with Crippen molar-refractivity contribution in [2.45, 2.75) is 32.2 Å². The van der Waals surface area contributed by atoms with E-state index in [-0.39, 0.29) is 5.72 Å². The molecule has 21 heavy (non-hydrogen) atoms. The molecule has 0 aromatic heterocycles. The lowest BCUT2D eigenvalue weighted by Crippen LogP contribution is -2.40. The number of hydrogen-bond acceptors (Lipinski definition) is 2. The van der Waals surface area contributed by atoms with Crippen LogP contribution in [-0.4, -0.2) is 17.2 Å². The van der Waals surface area contributed by atoms with Gasteiger partial charge in [-0.25, -0.2) is 0 Å². The Kier molecular flexibility index (Phi) is 4.33. The van der Waals surface area contributed by atoms with Crippen molar-refractivity contribution in [1.29, 1.82) is 0 Å². The summed E-state index contributed by atoms with van der Waals surface area (Å²) in [6, 6.07) is 19.5. The first-order valence-corrected chi connectivity index (χ1v) is 8.35. The molecular weight excluding hydrogens is 373 g/mol. The molecule has 1 aliphatic heterocycles. The number of rotatable bonds is 3. The molecule has 0 N–H and O–H groups in total. The molecule has 2 nitrogen and oxygen atoms in total. The van der Waals surface area contributed by atoms with Crippen molar-refractivity contribution in [3.63, 3.8) is 0 Å². The SMILES string of the molecule is CC1(C)OC[C@@H](c2ccccc2)N1Cc1ccccc1I. The van der Waals surface area contributed by atoms with E-state index in [0.29, 0.717) is 6.04 Å². The molecule has 110 valence electrons. The van der Waals surface area contributed by atoms with Gasteiger partial charge in [-0.15, -0.1) is 0 Å². The molecule has 1 aliphatic rings. The Hall–Kier alpha value is -0.910. The van der Waals surface area contributed by atoms with Gasteiger partial charge in [0.15, 0.2) is 0 Å². The molecule has 0 amide bonds. The molecule has 1 heterocycles. The Morgan fingerprint density at radius 1 is 1.10 bits per heavy atom. The van der Waals surface area contributed by atoms with Crippen LogP contribution in [0.3, 0.4) is 0 Å². The van der Waals surface area contributed by atoms with Crippen molar-refractivity contribution in [2.75, 3.05) is 6.61 Å². The molecule has 0 saturated carbocycles. The fraction of sp³-hybridized carbons (Fsp3) is 0.333. The topological polar surface area (TPSA) is 12.5 Å². The van der Waals surface area contributed by atoms with Gasteiger partial charge in [-0.2, -0.15) is 0 Å². The van der Waals surface area contributed by atoms with E-state index in [4.69, 9.17) is 4.74 Å². The first-order chi connectivity index (χ1) is 10.1. The van der Waals surface area contributed by atoms with Crippen LogP contribution in [0.15, 0.2) is 54.6 Å². The summed E-state index contributed by atoms with van der Waals surface area (Å²) in [5.41, 5.74) is 2.45. The molecule has 1 fully saturated rings. The van der Waals surface area contributed by atoms with Gasteiger partial charge in [-0.3, -0.25) is 4.90 Å². The van der Waals surface area contributed by atoms with Crippen LogP contribution >= 0.6 is 22.6 Å². The molecule has 3 heteroatoms. The predicted molar refractivity (Wildman–Crippen MR) is 93.9 cm³/mol. The predicted octanol–water partition coefficient (Wildman–Crippen LogP) is 4.60. The summed E-state index contributed by atoms with van der Waals surface area (Å²) in [6.45, 7) is 5.98. The average molecular weight is 393 g/mol. The zero-order valence-corrected chi connectivity index (χ0v) is 14.6. The van der Waals surface area contributed by atoms with Crippen molar-refractivity contribution in [1.82, 2.24) is 4.90 Å². The van der Waals surface area contributed by atoms with Gasteiger partial charge in [0.25, 0.3) is 0 Å². The van der Waals surface area contributed by atoms with Crippen LogP contribution in [-0.2, 0) is 11.3 Å². The van der Waals surface area contributed by atoms with Crippen LogP contribution in [0.25, 0.3) is 0 Å². The fourth-order valence-corrected chi connectivity index (χ4v) is 3.45. The van der Waals surface area contributed by atoms with Crippen LogP contribution in [0, 0.1) is 3.57 Å².